The van der Waals surface area contributed by atoms with E-state index >= 15 is 0 Å². The smallest absolute Gasteiger partial charge is 0.269 e. The maximum atomic E-state index is 10.6. The molecule has 2 rings (SSSR count). The second-order valence-electron chi connectivity index (χ2n) is 5.31. The number of nitrogens with one attached hydrogen (secondary N) is 1. The van der Waals surface area contributed by atoms with Crippen molar-refractivity contribution in [3.8, 4) is 0 Å². The molecular formula is C15H23N3O2. The Morgan fingerprint density at radius 3 is 2.50 bits per heavy atom. The minimum Gasteiger partial charge on any atom is -0.314 e. The molecule has 0 aliphatic carbocycles. The maximum absolute atomic E-state index is 10.6. The predicted octanol–water partition coefficient (Wildman–Crippen LogP) is 2.21. The highest BCUT2D eigenvalue weighted by molar-refractivity contribution is 5.32. The highest BCUT2D eigenvalue weighted by atomic mass is 16.6. The summed E-state index contributed by atoms with van der Waals surface area (Å²) in [5.74, 6) is 0. The molecule has 1 N–H and O–H groups in total. The van der Waals surface area contributed by atoms with Crippen LogP contribution in [0.3, 0.4) is 0 Å². The van der Waals surface area contributed by atoms with Gasteiger partial charge < -0.3 is 5.32 Å². The third-order valence-corrected chi connectivity index (χ3v) is 4.05. The summed E-state index contributed by atoms with van der Waals surface area (Å²) in [6.07, 6.45) is 3.27. The highest BCUT2D eigenvalue weighted by Crippen LogP contribution is 2.16. The average Bonchev–Trinajstić information content (AvgIpc) is 2.49. The van der Waals surface area contributed by atoms with E-state index in [0.29, 0.717) is 6.04 Å². The van der Waals surface area contributed by atoms with Gasteiger partial charge in [0.2, 0.25) is 0 Å². The lowest BCUT2D eigenvalue weighted by Gasteiger charge is -2.34. The van der Waals surface area contributed by atoms with E-state index in [1.54, 1.807) is 12.1 Å². The Labute approximate surface area is 120 Å². The molecule has 0 aromatic heterocycles. The van der Waals surface area contributed by atoms with Crippen LogP contribution in [-0.2, 0) is 6.42 Å². The normalized spacial score (nSPS) is 17.9. The Morgan fingerprint density at radius 1 is 1.30 bits per heavy atom. The van der Waals surface area contributed by atoms with E-state index in [1.165, 1.54) is 5.56 Å². The van der Waals surface area contributed by atoms with Crippen LogP contribution in [-0.4, -0.2) is 42.0 Å². The van der Waals surface area contributed by atoms with Gasteiger partial charge >= 0.3 is 0 Å². The Balaban J connectivity index is 1.87. The highest BCUT2D eigenvalue weighted by Gasteiger charge is 2.18. The van der Waals surface area contributed by atoms with Gasteiger partial charge in [-0.15, -0.1) is 0 Å². The zero-order valence-corrected chi connectivity index (χ0v) is 12.0. The van der Waals surface area contributed by atoms with Crippen LogP contribution in [0.2, 0.25) is 0 Å². The molecule has 20 heavy (non-hydrogen) atoms. The monoisotopic (exact) mass is 277 g/mol. The van der Waals surface area contributed by atoms with Gasteiger partial charge in [0.15, 0.2) is 0 Å². The SMILES string of the molecule is CCC(CCc1ccc([N+](=O)[O-])cc1)N1CCNCC1. The molecule has 1 aliphatic heterocycles. The van der Waals surface area contributed by atoms with E-state index in [-0.39, 0.29) is 10.6 Å². The number of hydrogen-bond donors (Lipinski definition) is 1. The zero-order chi connectivity index (χ0) is 14.4. The summed E-state index contributed by atoms with van der Waals surface area (Å²) in [6.45, 7) is 6.64. The molecule has 0 amide bonds. The van der Waals surface area contributed by atoms with Crippen molar-refractivity contribution >= 4 is 5.69 Å². The fourth-order valence-electron chi connectivity index (χ4n) is 2.81. The molecule has 0 bridgehead atoms. The molecule has 1 atom stereocenters. The van der Waals surface area contributed by atoms with Crippen molar-refractivity contribution in [2.75, 3.05) is 26.2 Å². The van der Waals surface area contributed by atoms with Crippen LogP contribution in [0.1, 0.15) is 25.3 Å². The van der Waals surface area contributed by atoms with Gasteiger partial charge in [0.1, 0.15) is 0 Å². The molecule has 5 nitrogen and oxygen atoms in total. The lowest BCUT2D eigenvalue weighted by molar-refractivity contribution is -0.384. The van der Waals surface area contributed by atoms with Gasteiger partial charge in [-0.05, 0) is 24.8 Å². The van der Waals surface area contributed by atoms with Crippen molar-refractivity contribution < 1.29 is 4.92 Å². The third-order valence-electron chi connectivity index (χ3n) is 4.05. The zero-order valence-electron chi connectivity index (χ0n) is 12.0. The molecule has 5 heteroatoms. The van der Waals surface area contributed by atoms with Crippen molar-refractivity contribution in [3.05, 3.63) is 39.9 Å². The number of benzene rings is 1. The van der Waals surface area contributed by atoms with Crippen LogP contribution in [0.15, 0.2) is 24.3 Å². The molecule has 0 radical (unpaired) electrons. The molecule has 110 valence electrons. The summed E-state index contributed by atoms with van der Waals surface area (Å²) in [6, 6.07) is 7.57. The van der Waals surface area contributed by atoms with Crippen LogP contribution in [0.5, 0.6) is 0 Å². The molecule has 1 unspecified atom stereocenters. The molecule has 1 heterocycles. The lowest BCUT2D eigenvalue weighted by atomic mass is 10.0. The largest absolute Gasteiger partial charge is 0.314 e. The van der Waals surface area contributed by atoms with Crippen molar-refractivity contribution in [3.63, 3.8) is 0 Å². The number of hydrogen-bond acceptors (Lipinski definition) is 4. The molecule has 0 saturated carbocycles. The van der Waals surface area contributed by atoms with Crippen molar-refractivity contribution in [1.29, 1.82) is 0 Å². The summed E-state index contributed by atoms with van der Waals surface area (Å²) >= 11 is 0. The van der Waals surface area contributed by atoms with Gasteiger partial charge in [-0.2, -0.15) is 0 Å². The minimum atomic E-state index is -0.348. The predicted molar refractivity (Wildman–Crippen MR) is 79.9 cm³/mol. The van der Waals surface area contributed by atoms with Crippen molar-refractivity contribution in [2.24, 2.45) is 0 Å². The Hall–Kier alpha value is -1.46. The Bertz CT molecular complexity index is 427. The quantitative estimate of drug-likeness (QED) is 0.640. The summed E-state index contributed by atoms with van der Waals surface area (Å²) in [5.41, 5.74) is 1.35. The maximum Gasteiger partial charge on any atom is 0.269 e. The van der Waals surface area contributed by atoms with E-state index in [4.69, 9.17) is 0 Å². The molecule has 1 aromatic rings. The Morgan fingerprint density at radius 2 is 1.95 bits per heavy atom. The number of nitro benzene ring substituents is 1. The van der Waals surface area contributed by atoms with Crippen LogP contribution < -0.4 is 5.32 Å². The first-order valence-electron chi connectivity index (χ1n) is 7.39. The lowest BCUT2D eigenvalue weighted by Crippen LogP contribution is -2.48. The Kier molecular flexibility index (Phi) is 5.49. The van der Waals surface area contributed by atoms with Crippen LogP contribution in [0.25, 0.3) is 0 Å². The fraction of sp³-hybridized carbons (Fsp3) is 0.600. The standard InChI is InChI=1S/C15H23N3O2/c1-2-14(17-11-9-16-10-12-17)6-3-13-4-7-15(8-5-13)18(19)20/h4-5,7-8,14,16H,2-3,6,9-12H2,1H3. The number of rotatable bonds is 6. The van der Waals surface area contributed by atoms with Crippen LogP contribution in [0, 0.1) is 10.1 Å². The summed E-state index contributed by atoms with van der Waals surface area (Å²) in [4.78, 5) is 12.8. The van der Waals surface area contributed by atoms with E-state index in [2.05, 4.69) is 17.1 Å². The molecular weight excluding hydrogens is 254 g/mol. The van der Waals surface area contributed by atoms with E-state index in [9.17, 15) is 10.1 Å². The molecule has 1 aliphatic rings. The van der Waals surface area contributed by atoms with E-state index in [0.717, 1.165) is 45.4 Å². The average molecular weight is 277 g/mol. The summed E-state index contributed by atoms with van der Waals surface area (Å²) in [5, 5.41) is 14.0. The minimum absolute atomic E-state index is 0.169. The molecule has 1 saturated heterocycles. The number of nitrogens with zero attached hydrogens (tertiary/aromatic N) is 2. The second kappa shape index (κ2) is 7.36. The van der Waals surface area contributed by atoms with Gasteiger partial charge in [0, 0.05) is 44.4 Å². The van der Waals surface area contributed by atoms with Gasteiger partial charge in [-0.3, -0.25) is 15.0 Å². The summed E-state index contributed by atoms with van der Waals surface area (Å²) < 4.78 is 0. The number of aryl methyl sites for hydroxylation is 1. The van der Waals surface area contributed by atoms with E-state index in [1.807, 2.05) is 12.1 Å². The number of nitro groups is 1. The number of piperazine rings is 1. The van der Waals surface area contributed by atoms with Gasteiger partial charge in [0.05, 0.1) is 4.92 Å². The first kappa shape index (κ1) is 14.9. The van der Waals surface area contributed by atoms with Crippen molar-refractivity contribution in [2.45, 2.75) is 32.2 Å². The first-order chi connectivity index (χ1) is 9.70. The second-order valence-corrected chi connectivity index (χ2v) is 5.31. The van der Waals surface area contributed by atoms with E-state index < -0.39 is 0 Å². The fourth-order valence-corrected chi connectivity index (χ4v) is 2.81. The third kappa shape index (κ3) is 4.02. The summed E-state index contributed by atoms with van der Waals surface area (Å²) in [7, 11) is 0. The van der Waals surface area contributed by atoms with Gasteiger partial charge in [-0.25, -0.2) is 0 Å². The first-order valence-corrected chi connectivity index (χ1v) is 7.39. The van der Waals surface area contributed by atoms with Gasteiger partial charge in [0.25, 0.3) is 5.69 Å². The number of non-ortho nitro benzene ring substituents is 1. The van der Waals surface area contributed by atoms with Crippen molar-refractivity contribution in [1.82, 2.24) is 10.2 Å². The topological polar surface area (TPSA) is 58.4 Å². The van der Waals surface area contributed by atoms with Crippen LogP contribution in [0.4, 0.5) is 5.69 Å². The van der Waals surface area contributed by atoms with Gasteiger partial charge in [-0.1, -0.05) is 19.1 Å². The van der Waals surface area contributed by atoms with Crippen LogP contribution >= 0.6 is 0 Å². The molecule has 1 aromatic carbocycles. The molecule has 1 fully saturated rings. The molecule has 0 spiro atoms.